The Bertz CT molecular complexity index is 555. The van der Waals surface area contributed by atoms with Gasteiger partial charge in [-0.3, -0.25) is 14.5 Å². The van der Waals surface area contributed by atoms with Gasteiger partial charge in [-0.15, -0.1) is 0 Å². The molecule has 92 valence electrons. The molecule has 2 rings (SSSR count). The van der Waals surface area contributed by atoms with E-state index in [-0.39, 0.29) is 11.7 Å². The van der Waals surface area contributed by atoms with Gasteiger partial charge in [-0.1, -0.05) is 17.7 Å². The highest BCUT2D eigenvalue weighted by molar-refractivity contribution is 6.09. The highest BCUT2D eigenvalue weighted by atomic mass is 16.3. The summed E-state index contributed by atoms with van der Waals surface area (Å²) >= 11 is 0. The SMILES string of the molecule is Cc1ccc(C(=O)N(C)C(=O)c2ccco2)cc1. The molecule has 2 amide bonds. The van der Waals surface area contributed by atoms with Crippen molar-refractivity contribution in [3.63, 3.8) is 0 Å². The second-order valence-electron chi connectivity index (χ2n) is 4.01. The van der Waals surface area contributed by atoms with Crippen molar-refractivity contribution in [2.45, 2.75) is 6.92 Å². The Balaban J connectivity index is 2.19. The number of carbonyl (C=O) groups excluding carboxylic acids is 2. The van der Waals surface area contributed by atoms with Crippen molar-refractivity contribution in [3.8, 4) is 0 Å². The predicted molar refractivity (Wildman–Crippen MR) is 66.3 cm³/mol. The molecule has 0 unspecified atom stereocenters. The molecule has 0 saturated carbocycles. The molecule has 4 nitrogen and oxygen atoms in total. The van der Waals surface area contributed by atoms with Crippen LogP contribution in [0.4, 0.5) is 0 Å². The summed E-state index contributed by atoms with van der Waals surface area (Å²) in [6, 6.07) is 10.2. The van der Waals surface area contributed by atoms with Crippen molar-refractivity contribution in [2.75, 3.05) is 7.05 Å². The van der Waals surface area contributed by atoms with Gasteiger partial charge in [0.05, 0.1) is 6.26 Å². The summed E-state index contributed by atoms with van der Waals surface area (Å²) in [5, 5.41) is 0. The number of aryl methyl sites for hydroxylation is 1. The van der Waals surface area contributed by atoms with E-state index in [9.17, 15) is 9.59 Å². The molecule has 0 fully saturated rings. The number of rotatable bonds is 2. The first-order chi connectivity index (χ1) is 8.59. The number of furan rings is 1. The molecule has 0 radical (unpaired) electrons. The minimum absolute atomic E-state index is 0.151. The van der Waals surface area contributed by atoms with Crippen molar-refractivity contribution in [1.29, 1.82) is 0 Å². The van der Waals surface area contributed by atoms with Gasteiger partial charge in [0, 0.05) is 12.6 Å². The average Bonchev–Trinajstić information content (AvgIpc) is 2.91. The summed E-state index contributed by atoms with van der Waals surface area (Å²) in [4.78, 5) is 25.0. The standard InChI is InChI=1S/C14H13NO3/c1-10-5-7-11(8-6-10)13(16)15(2)14(17)12-4-3-9-18-12/h3-9H,1-2H3. The largest absolute Gasteiger partial charge is 0.459 e. The van der Waals surface area contributed by atoms with Crippen LogP contribution in [-0.4, -0.2) is 23.8 Å². The summed E-state index contributed by atoms with van der Waals surface area (Å²) in [5.41, 5.74) is 1.54. The van der Waals surface area contributed by atoms with Gasteiger partial charge in [0.1, 0.15) is 0 Å². The monoisotopic (exact) mass is 243 g/mol. The minimum Gasteiger partial charge on any atom is -0.459 e. The van der Waals surface area contributed by atoms with Gasteiger partial charge < -0.3 is 4.42 Å². The van der Waals surface area contributed by atoms with Crippen molar-refractivity contribution in [3.05, 3.63) is 59.5 Å². The zero-order valence-electron chi connectivity index (χ0n) is 10.2. The van der Waals surface area contributed by atoms with E-state index in [0.717, 1.165) is 10.5 Å². The molecule has 1 aromatic heterocycles. The Hall–Kier alpha value is -2.36. The smallest absolute Gasteiger partial charge is 0.296 e. The number of hydrogen-bond acceptors (Lipinski definition) is 3. The maximum Gasteiger partial charge on any atom is 0.296 e. The molecule has 18 heavy (non-hydrogen) atoms. The van der Waals surface area contributed by atoms with E-state index in [2.05, 4.69) is 0 Å². The zero-order chi connectivity index (χ0) is 13.1. The lowest BCUT2D eigenvalue weighted by Gasteiger charge is -2.13. The summed E-state index contributed by atoms with van der Waals surface area (Å²) in [7, 11) is 1.44. The van der Waals surface area contributed by atoms with Crippen molar-refractivity contribution < 1.29 is 14.0 Å². The summed E-state index contributed by atoms with van der Waals surface area (Å²) in [6.07, 6.45) is 1.40. The number of benzene rings is 1. The normalized spacial score (nSPS) is 10.1. The summed E-state index contributed by atoms with van der Waals surface area (Å²) in [5.74, 6) is -0.653. The van der Waals surface area contributed by atoms with E-state index in [4.69, 9.17) is 4.42 Å². The Labute approximate surface area is 105 Å². The first-order valence-electron chi connectivity index (χ1n) is 5.52. The van der Waals surface area contributed by atoms with Crippen LogP contribution in [0.2, 0.25) is 0 Å². The first-order valence-corrected chi connectivity index (χ1v) is 5.52. The molecular weight excluding hydrogens is 230 g/mol. The molecule has 0 aliphatic carbocycles. The fourth-order valence-electron chi connectivity index (χ4n) is 1.55. The third-order valence-electron chi connectivity index (χ3n) is 2.64. The molecule has 2 aromatic rings. The molecular formula is C14H13NO3. The van der Waals surface area contributed by atoms with E-state index in [0.29, 0.717) is 5.56 Å². The molecule has 4 heteroatoms. The van der Waals surface area contributed by atoms with Crippen LogP contribution in [0.1, 0.15) is 26.5 Å². The van der Waals surface area contributed by atoms with Crippen molar-refractivity contribution in [2.24, 2.45) is 0 Å². The molecule has 0 saturated heterocycles. The second kappa shape index (κ2) is 4.87. The van der Waals surface area contributed by atoms with Gasteiger partial charge in [-0.05, 0) is 31.2 Å². The van der Waals surface area contributed by atoms with Crippen LogP contribution in [0.5, 0.6) is 0 Å². The lowest BCUT2D eigenvalue weighted by Crippen LogP contribution is -2.32. The van der Waals surface area contributed by atoms with Gasteiger partial charge in [-0.25, -0.2) is 0 Å². The number of amides is 2. The topological polar surface area (TPSA) is 50.5 Å². The van der Waals surface area contributed by atoms with Crippen LogP contribution < -0.4 is 0 Å². The minimum atomic E-state index is -0.453. The maximum absolute atomic E-state index is 12.1. The van der Waals surface area contributed by atoms with Gasteiger partial charge in [0.15, 0.2) is 5.76 Å². The third-order valence-corrected chi connectivity index (χ3v) is 2.64. The van der Waals surface area contributed by atoms with Crippen LogP contribution in [-0.2, 0) is 0 Å². The van der Waals surface area contributed by atoms with Crippen molar-refractivity contribution >= 4 is 11.8 Å². The van der Waals surface area contributed by atoms with Gasteiger partial charge in [0.2, 0.25) is 0 Å². The van der Waals surface area contributed by atoms with Crippen LogP contribution in [0.15, 0.2) is 47.1 Å². The first kappa shape index (κ1) is 12.1. The Morgan fingerprint density at radius 1 is 1.06 bits per heavy atom. The van der Waals surface area contributed by atoms with Gasteiger partial charge in [-0.2, -0.15) is 0 Å². The molecule has 0 aliphatic rings. The highest BCUT2D eigenvalue weighted by Crippen LogP contribution is 2.10. The molecule has 0 N–H and O–H groups in total. The molecule has 0 bridgehead atoms. The van der Waals surface area contributed by atoms with Crippen molar-refractivity contribution in [1.82, 2.24) is 4.90 Å². The molecule has 1 heterocycles. The summed E-state index contributed by atoms with van der Waals surface area (Å²) in [6.45, 7) is 1.94. The lowest BCUT2D eigenvalue weighted by molar-refractivity contribution is 0.0637. The number of carbonyl (C=O) groups is 2. The third kappa shape index (κ3) is 2.32. The van der Waals surface area contributed by atoms with Crippen LogP contribution in [0, 0.1) is 6.92 Å². The Morgan fingerprint density at radius 2 is 1.72 bits per heavy atom. The molecule has 0 spiro atoms. The fourth-order valence-corrected chi connectivity index (χ4v) is 1.55. The van der Waals surface area contributed by atoms with Gasteiger partial charge >= 0.3 is 0 Å². The average molecular weight is 243 g/mol. The number of imide groups is 1. The van der Waals surface area contributed by atoms with E-state index >= 15 is 0 Å². The fraction of sp³-hybridized carbons (Fsp3) is 0.143. The zero-order valence-corrected chi connectivity index (χ0v) is 10.2. The van der Waals surface area contributed by atoms with Crippen LogP contribution in [0.3, 0.4) is 0 Å². The summed E-state index contributed by atoms with van der Waals surface area (Å²) < 4.78 is 4.98. The number of nitrogens with zero attached hydrogens (tertiary/aromatic N) is 1. The van der Waals surface area contributed by atoms with E-state index in [1.54, 1.807) is 18.2 Å². The Kier molecular flexibility index (Phi) is 3.28. The maximum atomic E-state index is 12.1. The second-order valence-corrected chi connectivity index (χ2v) is 4.01. The molecule has 1 aromatic carbocycles. The number of hydrogen-bond donors (Lipinski definition) is 0. The predicted octanol–water partition coefficient (Wildman–Crippen LogP) is 2.50. The van der Waals surface area contributed by atoms with Gasteiger partial charge in [0.25, 0.3) is 11.8 Å². The highest BCUT2D eigenvalue weighted by Gasteiger charge is 2.21. The van der Waals surface area contributed by atoms with Crippen LogP contribution in [0.25, 0.3) is 0 Å². The molecule has 0 atom stereocenters. The van der Waals surface area contributed by atoms with E-state index in [1.165, 1.54) is 19.4 Å². The lowest BCUT2D eigenvalue weighted by atomic mass is 10.1. The quantitative estimate of drug-likeness (QED) is 0.761. The Morgan fingerprint density at radius 3 is 2.28 bits per heavy atom. The molecule has 0 aliphatic heterocycles. The van der Waals surface area contributed by atoms with Crippen LogP contribution >= 0.6 is 0 Å². The van der Waals surface area contributed by atoms with E-state index in [1.807, 2.05) is 19.1 Å². The van der Waals surface area contributed by atoms with E-state index < -0.39 is 5.91 Å².